The highest BCUT2D eigenvalue weighted by Crippen LogP contribution is 2.07. The third-order valence-electron chi connectivity index (χ3n) is 2.42. The van der Waals surface area contributed by atoms with Crippen LogP contribution in [-0.2, 0) is 10.0 Å². The van der Waals surface area contributed by atoms with Crippen molar-refractivity contribution in [3.8, 4) is 0 Å². The van der Waals surface area contributed by atoms with Gasteiger partial charge in [-0.3, -0.25) is 5.84 Å². The molecule has 0 amide bonds. The maximum atomic E-state index is 11.7. The molecule has 0 aromatic rings. The molecule has 0 radical (unpaired) electrons. The van der Waals surface area contributed by atoms with Gasteiger partial charge in [-0.15, -0.1) is 0 Å². The van der Waals surface area contributed by atoms with E-state index in [1.807, 2.05) is 6.92 Å². The molecule has 0 atom stereocenters. The fourth-order valence-electron chi connectivity index (χ4n) is 1.44. The van der Waals surface area contributed by atoms with Crippen molar-refractivity contribution in [1.29, 1.82) is 0 Å². The SMILES string of the molecule is CCCCS(=O)(=O)N1CCN(N)CC1. The van der Waals surface area contributed by atoms with E-state index in [0.717, 1.165) is 12.8 Å². The summed E-state index contributed by atoms with van der Waals surface area (Å²) in [6, 6.07) is 0. The first-order valence-corrected chi connectivity index (χ1v) is 6.64. The lowest BCUT2D eigenvalue weighted by atomic mass is 10.4. The minimum absolute atomic E-state index is 0.272. The second-order valence-corrected chi connectivity index (χ2v) is 5.69. The molecule has 0 aliphatic carbocycles. The number of unbranched alkanes of at least 4 members (excludes halogenated alkanes) is 1. The molecule has 1 fully saturated rings. The summed E-state index contributed by atoms with van der Waals surface area (Å²) >= 11 is 0. The van der Waals surface area contributed by atoms with Crippen molar-refractivity contribution in [2.75, 3.05) is 31.9 Å². The Hall–Kier alpha value is -0.170. The molecule has 1 heterocycles. The monoisotopic (exact) mass is 221 g/mol. The normalized spacial score (nSPS) is 21.3. The van der Waals surface area contributed by atoms with Crippen LogP contribution in [0.1, 0.15) is 19.8 Å². The Morgan fingerprint density at radius 3 is 2.29 bits per heavy atom. The average molecular weight is 221 g/mol. The smallest absolute Gasteiger partial charge is 0.214 e. The molecule has 1 rings (SSSR count). The quantitative estimate of drug-likeness (QED) is 0.656. The van der Waals surface area contributed by atoms with E-state index in [4.69, 9.17) is 5.84 Å². The summed E-state index contributed by atoms with van der Waals surface area (Å²) in [4.78, 5) is 0. The highest BCUT2D eigenvalue weighted by Gasteiger charge is 2.24. The van der Waals surface area contributed by atoms with Crippen LogP contribution in [0.25, 0.3) is 0 Å². The van der Waals surface area contributed by atoms with Gasteiger partial charge in [-0.25, -0.2) is 13.4 Å². The molecule has 1 aliphatic heterocycles. The van der Waals surface area contributed by atoms with Crippen LogP contribution >= 0.6 is 0 Å². The molecule has 84 valence electrons. The molecule has 6 heteroatoms. The fourth-order valence-corrected chi connectivity index (χ4v) is 3.07. The first-order valence-electron chi connectivity index (χ1n) is 5.03. The lowest BCUT2D eigenvalue weighted by Crippen LogP contribution is -2.51. The number of piperazine rings is 1. The van der Waals surface area contributed by atoms with Crippen LogP contribution in [0, 0.1) is 0 Å². The fraction of sp³-hybridized carbons (Fsp3) is 1.00. The Kier molecular flexibility index (Phi) is 4.31. The van der Waals surface area contributed by atoms with Crippen LogP contribution < -0.4 is 5.84 Å². The minimum Gasteiger partial charge on any atom is -0.269 e. The Morgan fingerprint density at radius 2 is 1.79 bits per heavy atom. The Bertz CT molecular complexity index is 258. The molecule has 0 bridgehead atoms. The van der Waals surface area contributed by atoms with Crippen molar-refractivity contribution in [3.63, 3.8) is 0 Å². The van der Waals surface area contributed by atoms with Crippen molar-refractivity contribution in [2.24, 2.45) is 5.84 Å². The number of nitrogens with zero attached hydrogens (tertiary/aromatic N) is 2. The summed E-state index contributed by atoms with van der Waals surface area (Å²) in [7, 11) is -3.02. The van der Waals surface area contributed by atoms with Crippen LogP contribution in [0.5, 0.6) is 0 Å². The predicted octanol–water partition coefficient (Wildman–Crippen LogP) is -0.392. The second-order valence-electron chi connectivity index (χ2n) is 3.60. The van der Waals surface area contributed by atoms with E-state index in [0.29, 0.717) is 26.2 Å². The number of hydrogen-bond donors (Lipinski definition) is 1. The topological polar surface area (TPSA) is 66.6 Å². The molecule has 1 saturated heterocycles. The van der Waals surface area contributed by atoms with Gasteiger partial charge in [0.25, 0.3) is 0 Å². The molecule has 0 unspecified atom stereocenters. The van der Waals surface area contributed by atoms with Gasteiger partial charge in [0.05, 0.1) is 5.75 Å². The van der Waals surface area contributed by atoms with E-state index in [1.165, 1.54) is 0 Å². The van der Waals surface area contributed by atoms with Crippen LogP contribution in [0.2, 0.25) is 0 Å². The molecule has 1 aliphatic rings. The van der Waals surface area contributed by atoms with E-state index >= 15 is 0 Å². The molecule has 2 N–H and O–H groups in total. The van der Waals surface area contributed by atoms with E-state index in [2.05, 4.69) is 0 Å². The summed E-state index contributed by atoms with van der Waals surface area (Å²) in [6.07, 6.45) is 1.65. The van der Waals surface area contributed by atoms with Crippen molar-refractivity contribution in [3.05, 3.63) is 0 Å². The number of hydrazine groups is 1. The van der Waals surface area contributed by atoms with E-state index in [9.17, 15) is 8.42 Å². The number of rotatable bonds is 4. The van der Waals surface area contributed by atoms with Gasteiger partial charge in [0.1, 0.15) is 0 Å². The average Bonchev–Trinajstić information content (AvgIpc) is 2.16. The highest BCUT2D eigenvalue weighted by atomic mass is 32.2. The molecule has 0 saturated carbocycles. The minimum atomic E-state index is -3.02. The van der Waals surface area contributed by atoms with Gasteiger partial charge < -0.3 is 0 Å². The number of nitrogens with two attached hydrogens (primary N) is 1. The van der Waals surface area contributed by atoms with Gasteiger partial charge in [0, 0.05) is 26.2 Å². The van der Waals surface area contributed by atoms with Crippen LogP contribution in [0.15, 0.2) is 0 Å². The summed E-state index contributed by atoms with van der Waals surface area (Å²) in [5.41, 5.74) is 0. The summed E-state index contributed by atoms with van der Waals surface area (Å²) in [5.74, 6) is 5.82. The van der Waals surface area contributed by atoms with Crippen molar-refractivity contribution in [2.45, 2.75) is 19.8 Å². The van der Waals surface area contributed by atoms with Gasteiger partial charge in [-0.05, 0) is 6.42 Å². The highest BCUT2D eigenvalue weighted by molar-refractivity contribution is 7.89. The largest absolute Gasteiger partial charge is 0.269 e. The van der Waals surface area contributed by atoms with Gasteiger partial charge in [0.15, 0.2) is 0 Å². The van der Waals surface area contributed by atoms with E-state index < -0.39 is 10.0 Å². The third kappa shape index (κ3) is 3.20. The van der Waals surface area contributed by atoms with Gasteiger partial charge in [-0.1, -0.05) is 13.3 Å². The van der Waals surface area contributed by atoms with Crippen molar-refractivity contribution < 1.29 is 8.42 Å². The lowest BCUT2D eigenvalue weighted by Gasteiger charge is -2.31. The standard InChI is InChI=1S/C8H19N3O2S/c1-2-3-8-14(12,13)11-6-4-10(9)5-7-11/h2-9H2,1H3. The summed E-state index contributed by atoms with van der Waals surface area (Å²) < 4.78 is 25.0. The molecule has 0 aromatic carbocycles. The van der Waals surface area contributed by atoms with Gasteiger partial charge >= 0.3 is 0 Å². The van der Waals surface area contributed by atoms with E-state index in [1.54, 1.807) is 9.31 Å². The molecule has 0 spiro atoms. The predicted molar refractivity (Wildman–Crippen MR) is 56.0 cm³/mol. The summed E-state index contributed by atoms with van der Waals surface area (Å²) in [6.45, 7) is 4.31. The van der Waals surface area contributed by atoms with E-state index in [-0.39, 0.29) is 5.75 Å². The molecular formula is C8H19N3O2S. The Morgan fingerprint density at radius 1 is 1.21 bits per heavy atom. The van der Waals surface area contributed by atoms with Crippen LogP contribution in [-0.4, -0.2) is 49.7 Å². The maximum Gasteiger partial charge on any atom is 0.214 e. The van der Waals surface area contributed by atoms with Gasteiger partial charge in [0.2, 0.25) is 10.0 Å². The number of sulfonamides is 1. The first-order chi connectivity index (χ1) is 6.56. The lowest BCUT2D eigenvalue weighted by molar-refractivity contribution is 0.192. The summed E-state index contributed by atoms with van der Waals surface area (Å²) in [5, 5.41) is 1.66. The maximum absolute atomic E-state index is 11.7. The molecular weight excluding hydrogens is 202 g/mol. The Balaban J connectivity index is 2.47. The van der Waals surface area contributed by atoms with Gasteiger partial charge in [-0.2, -0.15) is 4.31 Å². The number of hydrogen-bond acceptors (Lipinski definition) is 4. The molecule has 0 aromatic heterocycles. The third-order valence-corrected chi connectivity index (χ3v) is 4.38. The van der Waals surface area contributed by atoms with Crippen LogP contribution in [0.4, 0.5) is 0 Å². The zero-order valence-corrected chi connectivity index (χ0v) is 9.46. The van der Waals surface area contributed by atoms with Crippen LogP contribution in [0.3, 0.4) is 0 Å². The van der Waals surface area contributed by atoms with Crippen molar-refractivity contribution in [1.82, 2.24) is 9.31 Å². The molecule has 14 heavy (non-hydrogen) atoms. The van der Waals surface area contributed by atoms with Crippen molar-refractivity contribution >= 4 is 10.0 Å². The second kappa shape index (κ2) is 5.06. The molecule has 5 nitrogen and oxygen atoms in total. The Labute approximate surface area is 85.9 Å². The first kappa shape index (κ1) is 11.9. The zero-order valence-electron chi connectivity index (χ0n) is 8.65. The zero-order chi connectivity index (χ0) is 10.6.